The van der Waals surface area contributed by atoms with Crippen LogP contribution in [0.1, 0.15) is 39.0 Å². The molecule has 0 aliphatic carbocycles. The van der Waals surface area contributed by atoms with Crippen LogP contribution in [0.3, 0.4) is 0 Å². The van der Waals surface area contributed by atoms with E-state index < -0.39 is 0 Å². The second-order valence-corrected chi connectivity index (χ2v) is 8.02. The Bertz CT molecular complexity index is 763. The Morgan fingerprint density at radius 2 is 1.86 bits per heavy atom. The summed E-state index contributed by atoms with van der Waals surface area (Å²) in [7, 11) is 0. The summed E-state index contributed by atoms with van der Waals surface area (Å²) in [5, 5.41) is 3.61. The molecule has 0 spiro atoms. The first kappa shape index (κ1) is 22.9. The van der Waals surface area contributed by atoms with Crippen molar-refractivity contribution >= 4 is 50.7 Å². The zero-order chi connectivity index (χ0) is 20.4. The van der Waals surface area contributed by atoms with Crippen LogP contribution in [0.25, 0.3) is 0 Å². The molecule has 7 heteroatoms. The fourth-order valence-electron chi connectivity index (χ4n) is 2.56. The van der Waals surface area contributed by atoms with E-state index in [-0.39, 0.29) is 12.5 Å². The maximum Gasteiger partial charge on any atom is 0.262 e. The summed E-state index contributed by atoms with van der Waals surface area (Å²) in [4.78, 5) is 12.2. The Hall–Kier alpha value is -1.43. The summed E-state index contributed by atoms with van der Waals surface area (Å²) in [6.45, 7) is 2.69. The highest BCUT2D eigenvalue weighted by Crippen LogP contribution is 2.36. The molecule has 1 amide bonds. The van der Waals surface area contributed by atoms with Crippen LogP contribution in [-0.2, 0) is 4.79 Å². The average Bonchev–Trinajstić information content (AvgIpc) is 2.64. The van der Waals surface area contributed by atoms with E-state index in [1.165, 1.54) is 25.7 Å². The molecule has 0 heterocycles. The summed E-state index contributed by atoms with van der Waals surface area (Å²) in [5.74, 6) is 0.814. The number of unbranched alkanes of at least 4 members (excludes halogenated alkanes) is 4. The van der Waals surface area contributed by atoms with Crippen LogP contribution in [0.5, 0.6) is 11.5 Å². The first-order chi connectivity index (χ1) is 13.5. The Morgan fingerprint density at radius 3 is 2.61 bits per heavy atom. The minimum atomic E-state index is -0.297. The Balaban J connectivity index is 1.81. The van der Waals surface area contributed by atoms with Gasteiger partial charge in [-0.2, -0.15) is 0 Å². The number of hydrogen-bond acceptors (Lipinski definition) is 3. The van der Waals surface area contributed by atoms with Crippen molar-refractivity contribution in [1.82, 2.24) is 0 Å². The lowest BCUT2D eigenvalue weighted by atomic mass is 10.2. The predicted octanol–water partition coefficient (Wildman–Crippen LogP) is 7.12. The summed E-state index contributed by atoms with van der Waals surface area (Å²) in [6, 6.07) is 10.5. The van der Waals surface area contributed by atoms with Gasteiger partial charge in [0.25, 0.3) is 5.91 Å². The van der Waals surface area contributed by atoms with Gasteiger partial charge in [-0.3, -0.25) is 4.79 Å². The van der Waals surface area contributed by atoms with Gasteiger partial charge in [-0.1, -0.05) is 61.9 Å². The van der Waals surface area contributed by atoms with Gasteiger partial charge in [0.2, 0.25) is 0 Å². The number of anilines is 1. The minimum absolute atomic E-state index is 0.178. The summed E-state index contributed by atoms with van der Waals surface area (Å²) >= 11 is 15.3. The van der Waals surface area contributed by atoms with Crippen molar-refractivity contribution in [2.24, 2.45) is 0 Å². The van der Waals surface area contributed by atoms with Gasteiger partial charge in [-0.25, -0.2) is 0 Å². The Kier molecular flexibility index (Phi) is 9.96. The number of ether oxygens (including phenoxy) is 2. The first-order valence-electron chi connectivity index (χ1n) is 9.29. The summed E-state index contributed by atoms with van der Waals surface area (Å²) in [5.41, 5.74) is 0.651. The Morgan fingerprint density at radius 1 is 1.07 bits per heavy atom. The van der Waals surface area contributed by atoms with Crippen molar-refractivity contribution in [2.75, 3.05) is 18.5 Å². The SMILES string of the molecule is CCCCCCCOc1cccc(NC(=O)COc2c(Cl)cc(Cl)cc2Br)c1. The molecule has 2 rings (SSSR count). The van der Waals surface area contributed by atoms with E-state index >= 15 is 0 Å². The molecule has 0 bridgehead atoms. The molecule has 28 heavy (non-hydrogen) atoms. The van der Waals surface area contributed by atoms with Gasteiger partial charge in [0, 0.05) is 16.8 Å². The van der Waals surface area contributed by atoms with Crippen molar-refractivity contribution in [3.8, 4) is 11.5 Å². The average molecular weight is 489 g/mol. The molecule has 4 nitrogen and oxygen atoms in total. The third kappa shape index (κ3) is 7.90. The fraction of sp³-hybridized carbons (Fsp3) is 0.381. The standard InChI is InChI=1S/C21H24BrCl2NO3/c1-2-3-4-5-6-10-27-17-9-7-8-16(13-17)25-20(26)14-28-21-18(22)11-15(23)12-19(21)24/h7-9,11-13H,2-6,10,14H2,1H3,(H,25,26). The van der Waals surface area contributed by atoms with E-state index in [9.17, 15) is 4.79 Å². The van der Waals surface area contributed by atoms with Gasteiger partial charge in [0.05, 0.1) is 16.1 Å². The second kappa shape index (κ2) is 12.2. The monoisotopic (exact) mass is 487 g/mol. The highest BCUT2D eigenvalue weighted by molar-refractivity contribution is 9.10. The van der Waals surface area contributed by atoms with Crippen molar-refractivity contribution in [2.45, 2.75) is 39.0 Å². The van der Waals surface area contributed by atoms with Gasteiger partial charge < -0.3 is 14.8 Å². The molecule has 0 fully saturated rings. The van der Waals surface area contributed by atoms with E-state index in [0.717, 1.165) is 12.2 Å². The number of rotatable bonds is 11. The number of hydrogen-bond donors (Lipinski definition) is 1. The lowest BCUT2D eigenvalue weighted by molar-refractivity contribution is -0.118. The minimum Gasteiger partial charge on any atom is -0.494 e. The van der Waals surface area contributed by atoms with Crippen LogP contribution >= 0.6 is 39.1 Å². The van der Waals surface area contributed by atoms with Gasteiger partial charge in [0.15, 0.2) is 12.4 Å². The fourth-order valence-corrected chi connectivity index (χ4v) is 3.93. The topological polar surface area (TPSA) is 47.6 Å². The molecule has 0 aromatic heterocycles. The van der Waals surface area contributed by atoms with Gasteiger partial charge >= 0.3 is 0 Å². The molecule has 0 aliphatic rings. The van der Waals surface area contributed by atoms with Crippen LogP contribution in [0, 0.1) is 0 Å². The number of benzene rings is 2. The largest absolute Gasteiger partial charge is 0.494 e. The molecule has 0 saturated heterocycles. The molecular formula is C21H24BrCl2NO3. The highest BCUT2D eigenvalue weighted by Gasteiger charge is 2.11. The van der Waals surface area contributed by atoms with Gasteiger partial charge in [-0.15, -0.1) is 0 Å². The molecule has 0 aliphatic heterocycles. The molecule has 0 unspecified atom stereocenters. The second-order valence-electron chi connectivity index (χ2n) is 6.33. The molecule has 2 aromatic rings. The summed E-state index contributed by atoms with van der Waals surface area (Å²) in [6.07, 6.45) is 5.93. The van der Waals surface area contributed by atoms with E-state index in [0.29, 0.717) is 32.6 Å². The number of carbonyl (C=O) groups excluding carboxylic acids is 1. The van der Waals surface area contributed by atoms with Crippen LogP contribution in [0.2, 0.25) is 10.0 Å². The predicted molar refractivity (Wildman–Crippen MR) is 119 cm³/mol. The van der Waals surface area contributed by atoms with Crippen LogP contribution in [-0.4, -0.2) is 19.1 Å². The number of carbonyl (C=O) groups is 1. The zero-order valence-corrected chi connectivity index (χ0v) is 18.9. The normalized spacial score (nSPS) is 10.6. The van der Waals surface area contributed by atoms with Crippen LogP contribution in [0.15, 0.2) is 40.9 Å². The molecule has 2 aromatic carbocycles. The number of amides is 1. The number of halogens is 3. The highest BCUT2D eigenvalue weighted by atomic mass is 79.9. The van der Waals surface area contributed by atoms with Crippen LogP contribution < -0.4 is 14.8 Å². The van der Waals surface area contributed by atoms with E-state index in [4.69, 9.17) is 32.7 Å². The quantitative estimate of drug-likeness (QED) is 0.342. The van der Waals surface area contributed by atoms with Crippen molar-refractivity contribution in [3.63, 3.8) is 0 Å². The smallest absolute Gasteiger partial charge is 0.262 e. The van der Waals surface area contributed by atoms with Gasteiger partial charge in [0.1, 0.15) is 5.75 Å². The van der Waals surface area contributed by atoms with Crippen molar-refractivity contribution < 1.29 is 14.3 Å². The molecule has 0 radical (unpaired) electrons. The lowest BCUT2D eigenvalue weighted by Gasteiger charge is -2.12. The molecule has 152 valence electrons. The lowest BCUT2D eigenvalue weighted by Crippen LogP contribution is -2.20. The number of nitrogens with one attached hydrogen (secondary N) is 1. The van der Waals surface area contributed by atoms with E-state index in [1.54, 1.807) is 24.3 Å². The zero-order valence-electron chi connectivity index (χ0n) is 15.8. The van der Waals surface area contributed by atoms with E-state index in [2.05, 4.69) is 28.2 Å². The molecule has 0 atom stereocenters. The third-order valence-electron chi connectivity index (χ3n) is 3.95. The third-order valence-corrected chi connectivity index (χ3v) is 5.03. The maximum atomic E-state index is 12.2. The summed E-state index contributed by atoms with van der Waals surface area (Å²) < 4.78 is 11.9. The molecular weight excluding hydrogens is 465 g/mol. The molecule has 0 saturated carbocycles. The van der Waals surface area contributed by atoms with Crippen LogP contribution in [0.4, 0.5) is 5.69 Å². The first-order valence-corrected chi connectivity index (χ1v) is 10.8. The maximum absolute atomic E-state index is 12.2. The molecule has 1 N–H and O–H groups in total. The Labute approximate surface area is 184 Å². The van der Waals surface area contributed by atoms with Crippen molar-refractivity contribution in [3.05, 3.63) is 50.9 Å². The van der Waals surface area contributed by atoms with Crippen molar-refractivity contribution in [1.29, 1.82) is 0 Å². The van der Waals surface area contributed by atoms with E-state index in [1.807, 2.05) is 12.1 Å². The van der Waals surface area contributed by atoms with Gasteiger partial charge in [-0.05, 0) is 46.6 Å².